The van der Waals surface area contributed by atoms with E-state index in [2.05, 4.69) is 15.8 Å². The molecule has 2 amide bonds. The van der Waals surface area contributed by atoms with E-state index in [1.165, 1.54) is 25.5 Å². The fourth-order valence-electron chi connectivity index (χ4n) is 3.68. The summed E-state index contributed by atoms with van der Waals surface area (Å²) in [7, 11) is 1.34. The van der Waals surface area contributed by atoms with E-state index in [9.17, 15) is 14.4 Å². The topological polar surface area (TPSA) is 102 Å². The van der Waals surface area contributed by atoms with Crippen LogP contribution in [-0.2, 0) is 20.9 Å². The molecule has 3 rings (SSSR count). The molecular formula is C25H26Cl2N4O4. The van der Waals surface area contributed by atoms with E-state index in [0.717, 1.165) is 22.2 Å². The molecule has 0 fully saturated rings. The highest BCUT2D eigenvalue weighted by Crippen LogP contribution is 2.25. The second-order valence-corrected chi connectivity index (χ2v) is 9.08. The van der Waals surface area contributed by atoms with Crippen LogP contribution in [0.25, 0.3) is 10.9 Å². The van der Waals surface area contributed by atoms with E-state index in [-0.39, 0.29) is 29.0 Å². The maximum atomic E-state index is 12.9. The number of methoxy groups -OCH3 is 1. The number of nitrogens with zero attached hydrogens (tertiary/aromatic N) is 2. The number of hydrogen-bond acceptors (Lipinski definition) is 5. The van der Waals surface area contributed by atoms with Gasteiger partial charge in [-0.3, -0.25) is 14.4 Å². The molecule has 0 saturated carbocycles. The molecule has 0 bridgehead atoms. The average Bonchev–Trinajstić information content (AvgIpc) is 3.07. The summed E-state index contributed by atoms with van der Waals surface area (Å²) in [4.78, 5) is 37.4. The monoisotopic (exact) mass is 516 g/mol. The predicted molar refractivity (Wildman–Crippen MR) is 137 cm³/mol. The lowest BCUT2D eigenvalue weighted by atomic mass is 10.0. The van der Waals surface area contributed by atoms with Gasteiger partial charge < -0.3 is 14.6 Å². The Morgan fingerprint density at radius 1 is 1.14 bits per heavy atom. The minimum Gasteiger partial charge on any atom is -0.468 e. The molecule has 1 atom stereocenters. The van der Waals surface area contributed by atoms with Gasteiger partial charge in [0.1, 0.15) is 12.6 Å². The number of hydrogen-bond donors (Lipinski definition) is 2. The van der Waals surface area contributed by atoms with Crippen molar-refractivity contribution >= 4 is 58.1 Å². The quantitative estimate of drug-likeness (QED) is 0.264. The molecule has 0 aliphatic heterocycles. The van der Waals surface area contributed by atoms with Crippen molar-refractivity contribution < 1.29 is 19.1 Å². The Kier molecular flexibility index (Phi) is 8.53. The molecule has 0 radical (unpaired) electrons. The molecule has 3 aromatic rings. The number of carbonyl (C=O) groups is 3. The molecule has 0 aliphatic carbocycles. The summed E-state index contributed by atoms with van der Waals surface area (Å²) in [5.41, 5.74) is 5.11. The van der Waals surface area contributed by atoms with Crippen molar-refractivity contribution in [3.63, 3.8) is 0 Å². The van der Waals surface area contributed by atoms with Crippen LogP contribution in [0.5, 0.6) is 0 Å². The fraction of sp³-hybridized carbons (Fsp3) is 0.280. The smallest absolute Gasteiger partial charge is 0.325 e. The van der Waals surface area contributed by atoms with Gasteiger partial charge in [-0.2, -0.15) is 5.10 Å². The lowest BCUT2D eigenvalue weighted by molar-refractivity contribution is -0.141. The molecule has 184 valence electrons. The van der Waals surface area contributed by atoms with Crippen molar-refractivity contribution in [1.82, 2.24) is 15.3 Å². The van der Waals surface area contributed by atoms with Crippen LogP contribution in [0.1, 0.15) is 35.5 Å². The number of fused-ring (bicyclic) bond motifs is 1. The first-order chi connectivity index (χ1) is 16.6. The number of hydrazone groups is 1. The highest BCUT2D eigenvalue weighted by molar-refractivity contribution is 6.36. The largest absolute Gasteiger partial charge is 0.468 e. The van der Waals surface area contributed by atoms with Gasteiger partial charge in [0.15, 0.2) is 0 Å². The lowest BCUT2D eigenvalue weighted by Gasteiger charge is -2.20. The van der Waals surface area contributed by atoms with E-state index in [0.29, 0.717) is 5.02 Å². The normalized spacial score (nSPS) is 12.2. The number of rotatable bonds is 8. The lowest BCUT2D eigenvalue weighted by Crippen LogP contribution is -2.48. The van der Waals surface area contributed by atoms with Gasteiger partial charge >= 0.3 is 5.97 Å². The zero-order chi connectivity index (χ0) is 25.7. The predicted octanol–water partition coefficient (Wildman–Crippen LogP) is 4.33. The van der Waals surface area contributed by atoms with E-state index in [4.69, 9.17) is 27.9 Å². The van der Waals surface area contributed by atoms with Gasteiger partial charge in [0.2, 0.25) is 0 Å². The Morgan fingerprint density at radius 3 is 2.51 bits per heavy atom. The maximum Gasteiger partial charge on any atom is 0.325 e. The van der Waals surface area contributed by atoms with Crippen LogP contribution >= 0.6 is 23.2 Å². The van der Waals surface area contributed by atoms with Crippen molar-refractivity contribution in [1.29, 1.82) is 0 Å². The summed E-state index contributed by atoms with van der Waals surface area (Å²) in [6.45, 7) is 5.53. The van der Waals surface area contributed by atoms with E-state index in [1.54, 1.807) is 6.07 Å². The Bertz CT molecular complexity index is 1300. The van der Waals surface area contributed by atoms with Gasteiger partial charge in [-0.1, -0.05) is 55.2 Å². The third kappa shape index (κ3) is 6.01. The van der Waals surface area contributed by atoms with Crippen LogP contribution in [0.3, 0.4) is 0 Å². The van der Waals surface area contributed by atoms with Gasteiger partial charge in [0.05, 0.1) is 23.9 Å². The zero-order valence-electron chi connectivity index (χ0n) is 19.8. The Hall–Kier alpha value is -3.36. The second kappa shape index (κ2) is 11.4. The number of nitrogens with one attached hydrogen (secondary N) is 2. The van der Waals surface area contributed by atoms with Crippen molar-refractivity contribution in [2.45, 2.75) is 33.4 Å². The van der Waals surface area contributed by atoms with E-state index >= 15 is 0 Å². The van der Waals surface area contributed by atoms with Crippen LogP contribution < -0.4 is 10.7 Å². The summed E-state index contributed by atoms with van der Waals surface area (Å²) in [5.74, 6) is -1.57. The highest BCUT2D eigenvalue weighted by atomic mass is 35.5. The van der Waals surface area contributed by atoms with Gasteiger partial charge in [0, 0.05) is 27.2 Å². The number of esters is 1. The molecule has 1 aromatic heterocycles. The number of carbonyl (C=O) groups excluding carboxylic acids is 3. The summed E-state index contributed by atoms with van der Waals surface area (Å²) in [6, 6.07) is 11.2. The van der Waals surface area contributed by atoms with Gasteiger partial charge in [-0.25, -0.2) is 5.43 Å². The SMILES string of the molecule is COC(=O)Cn1c(C)c(C=NNC(=O)C(NC(=O)c2ccc(Cl)cc2Cl)C(C)C)c2ccccc21. The molecule has 10 heteroatoms. The van der Waals surface area contributed by atoms with E-state index in [1.807, 2.05) is 49.6 Å². The summed E-state index contributed by atoms with van der Waals surface area (Å²) in [5, 5.41) is 8.30. The van der Waals surface area contributed by atoms with Crippen molar-refractivity contribution in [3.8, 4) is 0 Å². The average molecular weight is 517 g/mol. The van der Waals surface area contributed by atoms with Crippen molar-refractivity contribution in [3.05, 3.63) is 69.3 Å². The molecular weight excluding hydrogens is 491 g/mol. The van der Waals surface area contributed by atoms with Gasteiger partial charge in [-0.05, 0) is 37.1 Å². The van der Waals surface area contributed by atoms with Crippen molar-refractivity contribution in [2.75, 3.05) is 7.11 Å². The van der Waals surface area contributed by atoms with Crippen LogP contribution in [0.4, 0.5) is 0 Å². The Morgan fingerprint density at radius 2 is 1.86 bits per heavy atom. The first-order valence-electron chi connectivity index (χ1n) is 10.9. The van der Waals surface area contributed by atoms with Gasteiger partial charge in [0.25, 0.3) is 11.8 Å². The van der Waals surface area contributed by atoms with E-state index < -0.39 is 17.9 Å². The summed E-state index contributed by atoms with van der Waals surface area (Å²) < 4.78 is 6.64. The fourth-order valence-corrected chi connectivity index (χ4v) is 4.17. The molecule has 0 saturated heterocycles. The first kappa shape index (κ1) is 26.2. The van der Waals surface area contributed by atoms with Crippen LogP contribution in [0.15, 0.2) is 47.6 Å². The molecule has 0 aliphatic rings. The van der Waals surface area contributed by atoms with Crippen LogP contribution in [0, 0.1) is 12.8 Å². The first-order valence-corrected chi connectivity index (χ1v) is 11.6. The third-order valence-corrected chi connectivity index (χ3v) is 6.12. The number of aromatic nitrogens is 1. The highest BCUT2D eigenvalue weighted by Gasteiger charge is 2.25. The minimum absolute atomic E-state index is 0.0533. The van der Waals surface area contributed by atoms with Crippen LogP contribution in [-0.4, -0.2) is 41.7 Å². The van der Waals surface area contributed by atoms with Gasteiger partial charge in [-0.15, -0.1) is 0 Å². The Balaban J connectivity index is 1.79. The molecule has 1 unspecified atom stereocenters. The molecule has 35 heavy (non-hydrogen) atoms. The number of ether oxygens (including phenoxy) is 1. The molecule has 8 nitrogen and oxygen atoms in total. The summed E-state index contributed by atoms with van der Waals surface area (Å²) in [6.07, 6.45) is 1.53. The number of para-hydroxylation sites is 1. The third-order valence-electron chi connectivity index (χ3n) is 5.57. The molecule has 2 aromatic carbocycles. The molecule has 0 spiro atoms. The minimum atomic E-state index is -0.854. The number of amides is 2. The van der Waals surface area contributed by atoms with Crippen LogP contribution in [0.2, 0.25) is 10.0 Å². The molecule has 1 heterocycles. The molecule has 2 N–H and O–H groups in total. The maximum absolute atomic E-state index is 12.9. The second-order valence-electron chi connectivity index (χ2n) is 8.23. The van der Waals surface area contributed by atoms with Crippen molar-refractivity contribution in [2.24, 2.45) is 11.0 Å². The number of halogens is 2. The Labute approximate surface area is 213 Å². The summed E-state index contributed by atoms with van der Waals surface area (Å²) >= 11 is 12.0. The standard InChI is InChI=1S/C25H26Cl2N4O4/c1-14(2)23(29-24(33)18-10-9-16(26)11-20(18)27)25(34)30-28-12-19-15(3)31(13-22(32)35-4)21-8-6-5-7-17(19)21/h5-12,14,23H,13H2,1-4H3,(H,29,33)(H,30,34). The number of benzene rings is 2. The zero-order valence-corrected chi connectivity index (χ0v) is 21.3.